The fourth-order valence-electron chi connectivity index (χ4n) is 3.38. The van der Waals surface area contributed by atoms with Gasteiger partial charge >= 0.3 is 5.69 Å². The highest BCUT2D eigenvalue weighted by Crippen LogP contribution is 2.23. The first-order valence-corrected chi connectivity index (χ1v) is 8.76. The average molecular weight is 357 g/mol. The van der Waals surface area contributed by atoms with Crippen LogP contribution in [0.15, 0.2) is 24.3 Å². The molecule has 0 saturated carbocycles. The Morgan fingerprint density at radius 2 is 1.88 bits per heavy atom. The molecule has 2 aromatic rings. The highest BCUT2D eigenvalue weighted by molar-refractivity contribution is 6.06. The molecule has 0 unspecified atom stereocenters. The molecule has 2 heterocycles. The maximum atomic E-state index is 12.5. The normalized spacial score (nSPS) is 15.0. The number of anilines is 1. The van der Waals surface area contributed by atoms with Gasteiger partial charge in [0, 0.05) is 19.3 Å². The van der Waals surface area contributed by atoms with Gasteiger partial charge in [0.25, 0.3) is 5.91 Å². The zero-order valence-electron chi connectivity index (χ0n) is 15.1. The lowest BCUT2D eigenvalue weighted by Crippen LogP contribution is -2.29. The summed E-state index contributed by atoms with van der Waals surface area (Å²) in [6, 6.07) is 7.61. The van der Waals surface area contributed by atoms with Gasteiger partial charge in [0.1, 0.15) is 5.69 Å². The number of nitrogens with zero attached hydrogens (tertiary/aromatic N) is 4. The molecule has 0 radical (unpaired) electrons. The Balaban J connectivity index is 1.69. The van der Waals surface area contributed by atoms with Gasteiger partial charge in [-0.05, 0) is 50.6 Å². The molecule has 1 aliphatic heterocycles. The number of rotatable bonds is 5. The number of piperidine rings is 1. The molecule has 1 saturated heterocycles. The van der Waals surface area contributed by atoms with Crippen molar-refractivity contribution in [1.82, 2.24) is 14.7 Å². The molecule has 1 N–H and O–H groups in total. The minimum Gasteiger partial charge on any atom is -0.320 e. The summed E-state index contributed by atoms with van der Waals surface area (Å²) in [4.78, 5) is 25.6. The molecule has 0 aliphatic carbocycles. The number of hydrogen-bond acceptors (Lipinski definition) is 5. The first-order valence-electron chi connectivity index (χ1n) is 8.76. The van der Waals surface area contributed by atoms with E-state index in [0.29, 0.717) is 5.69 Å². The number of carbonyl (C=O) groups is 1. The highest BCUT2D eigenvalue weighted by atomic mass is 16.6. The maximum Gasteiger partial charge on any atom is 0.322 e. The molecular formula is C18H23N5O3. The van der Waals surface area contributed by atoms with Crippen LogP contribution < -0.4 is 5.32 Å². The number of likely N-dealkylation sites (tertiary alicyclic amines) is 1. The fourth-order valence-corrected chi connectivity index (χ4v) is 3.38. The van der Waals surface area contributed by atoms with Crippen molar-refractivity contribution in [2.24, 2.45) is 7.05 Å². The summed E-state index contributed by atoms with van der Waals surface area (Å²) in [5.74, 6) is -0.538. The Morgan fingerprint density at radius 3 is 2.50 bits per heavy atom. The van der Waals surface area contributed by atoms with Crippen molar-refractivity contribution in [1.29, 1.82) is 0 Å². The number of amides is 1. The number of nitro groups is 1. The maximum absolute atomic E-state index is 12.5. The zero-order valence-corrected chi connectivity index (χ0v) is 15.1. The molecule has 138 valence electrons. The second-order valence-corrected chi connectivity index (χ2v) is 6.65. The molecule has 8 nitrogen and oxygen atoms in total. The van der Waals surface area contributed by atoms with Gasteiger partial charge in [-0.3, -0.25) is 24.5 Å². The van der Waals surface area contributed by atoms with Gasteiger partial charge in [0.05, 0.1) is 4.92 Å². The first-order chi connectivity index (χ1) is 12.5. The van der Waals surface area contributed by atoms with Crippen LogP contribution in [0.3, 0.4) is 0 Å². The quantitative estimate of drug-likeness (QED) is 0.656. The second-order valence-electron chi connectivity index (χ2n) is 6.65. The van der Waals surface area contributed by atoms with Crippen LogP contribution in [0.2, 0.25) is 0 Å². The monoisotopic (exact) mass is 357 g/mol. The minimum atomic E-state index is -0.570. The van der Waals surface area contributed by atoms with Crippen molar-refractivity contribution >= 4 is 17.3 Å². The third kappa shape index (κ3) is 3.91. The number of aromatic nitrogens is 2. The van der Waals surface area contributed by atoms with Gasteiger partial charge in [-0.25, -0.2) is 0 Å². The van der Waals surface area contributed by atoms with E-state index in [1.54, 1.807) is 0 Å². The molecule has 8 heteroatoms. The third-order valence-corrected chi connectivity index (χ3v) is 4.65. The van der Waals surface area contributed by atoms with Crippen molar-refractivity contribution in [2.75, 3.05) is 18.4 Å². The molecule has 26 heavy (non-hydrogen) atoms. The van der Waals surface area contributed by atoms with Crippen LogP contribution in [0.25, 0.3) is 0 Å². The summed E-state index contributed by atoms with van der Waals surface area (Å²) in [6.45, 7) is 4.68. The molecule has 1 aromatic heterocycles. The Bertz CT molecular complexity index is 807. The van der Waals surface area contributed by atoms with Crippen LogP contribution in [0, 0.1) is 17.0 Å². The van der Waals surface area contributed by atoms with Crippen LogP contribution >= 0.6 is 0 Å². The molecule has 1 amide bonds. The van der Waals surface area contributed by atoms with E-state index >= 15 is 0 Å². The topological polar surface area (TPSA) is 93.3 Å². The number of hydrogen-bond donors (Lipinski definition) is 1. The third-order valence-electron chi connectivity index (χ3n) is 4.65. The molecule has 0 spiro atoms. The smallest absolute Gasteiger partial charge is 0.320 e. The van der Waals surface area contributed by atoms with E-state index in [4.69, 9.17) is 0 Å². The number of aryl methyl sites for hydroxylation is 2. The van der Waals surface area contributed by atoms with Crippen molar-refractivity contribution in [2.45, 2.75) is 32.7 Å². The summed E-state index contributed by atoms with van der Waals surface area (Å²) in [5.41, 5.74) is 1.70. The van der Waals surface area contributed by atoms with Crippen molar-refractivity contribution in [3.8, 4) is 0 Å². The van der Waals surface area contributed by atoms with Crippen LogP contribution in [0.1, 0.15) is 41.0 Å². The number of carbonyl (C=O) groups excluding carboxylic acids is 1. The van der Waals surface area contributed by atoms with Crippen LogP contribution in [0.4, 0.5) is 11.4 Å². The summed E-state index contributed by atoms with van der Waals surface area (Å²) >= 11 is 0. The van der Waals surface area contributed by atoms with Crippen molar-refractivity contribution in [3.05, 3.63) is 51.3 Å². The van der Waals surface area contributed by atoms with E-state index in [9.17, 15) is 14.9 Å². The highest BCUT2D eigenvalue weighted by Gasteiger charge is 2.29. The molecule has 3 rings (SSSR count). The van der Waals surface area contributed by atoms with E-state index < -0.39 is 10.8 Å². The van der Waals surface area contributed by atoms with E-state index in [2.05, 4.69) is 15.3 Å². The molecule has 0 atom stereocenters. The number of benzene rings is 1. The van der Waals surface area contributed by atoms with Gasteiger partial charge in [0.15, 0.2) is 0 Å². The molecular weight excluding hydrogens is 334 g/mol. The average Bonchev–Trinajstić information content (AvgIpc) is 2.92. The lowest BCUT2D eigenvalue weighted by Gasteiger charge is -2.26. The summed E-state index contributed by atoms with van der Waals surface area (Å²) in [7, 11) is 1.52. The SMILES string of the molecule is Cc1nn(C)c(C(=O)Nc2ccc(CN3CCCCC3)cc2)c1[N+](=O)[O-]. The van der Waals surface area contributed by atoms with Crippen LogP contribution in [-0.2, 0) is 13.6 Å². The lowest BCUT2D eigenvalue weighted by molar-refractivity contribution is -0.385. The van der Waals surface area contributed by atoms with E-state index in [1.165, 1.54) is 43.5 Å². The zero-order chi connectivity index (χ0) is 18.7. The van der Waals surface area contributed by atoms with E-state index in [1.807, 2.05) is 24.3 Å². The summed E-state index contributed by atoms with van der Waals surface area (Å²) in [5, 5.41) is 17.9. The standard InChI is InChI=1S/C18H23N5O3/c1-13-16(23(25)26)17(21(2)20-13)18(24)19-15-8-6-14(7-9-15)12-22-10-4-3-5-11-22/h6-9H,3-5,10-12H2,1-2H3,(H,19,24). The Kier molecular flexibility index (Phi) is 5.32. The largest absolute Gasteiger partial charge is 0.322 e. The van der Waals surface area contributed by atoms with Gasteiger partial charge in [-0.1, -0.05) is 18.6 Å². The van der Waals surface area contributed by atoms with Gasteiger partial charge < -0.3 is 5.32 Å². The van der Waals surface area contributed by atoms with Crippen LogP contribution in [0.5, 0.6) is 0 Å². The molecule has 1 fully saturated rings. The molecule has 1 aliphatic rings. The Labute approximate surface area is 151 Å². The van der Waals surface area contributed by atoms with Gasteiger partial charge in [0.2, 0.25) is 5.69 Å². The minimum absolute atomic E-state index is 0.0510. The molecule has 0 bridgehead atoms. The fraction of sp³-hybridized carbons (Fsp3) is 0.444. The van der Waals surface area contributed by atoms with Crippen molar-refractivity contribution < 1.29 is 9.72 Å². The van der Waals surface area contributed by atoms with Gasteiger partial charge in [-0.2, -0.15) is 5.10 Å². The van der Waals surface area contributed by atoms with Gasteiger partial charge in [-0.15, -0.1) is 0 Å². The predicted octanol–water partition coefficient (Wildman–Crippen LogP) is 2.87. The summed E-state index contributed by atoms with van der Waals surface area (Å²) < 4.78 is 1.24. The first kappa shape index (κ1) is 18.1. The summed E-state index contributed by atoms with van der Waals surface area (Å²) in [6.07, 6.45) is 3.80. The van der Waals surface area contributed by atoms with Crippen LogP contribution in [-0.4, -0.2) is 38.6 Å². The Morgan fingerprint density at radius 1 is 1.23 bits per heavy atom. The predicted molar refractivity (Wildman–Crippen MR) is 98.1 cm³/mol. The van der Waals surface area contributed by atoms with Crippen molar-refractivity contribution in [3.63, 3.8) is 0 Å². The molecule has 1 aromatic carbocycles. The lowest BCUT2D eigenvalue weighted by atomic mass is 10.1. The van der Waals surface area contributed by atoms with E-state index in [-0.39, 0.29) is 17.1 Å². The Hall–Kier alpha value is -2.74. The number of nitrogens with one attached hydrogen (secondary N) is 1. The van der Waals surface area contributed by atoms with E-state index in [0.717, 1.165) is 19.6 Å². The second kappa shape index (κ2) is 7.65.